The molecular formula is C16H24N2O3. The van der Waals surface area contributed by atoms with Crippen LogP contribution in [0.1, 0.15) is 25.5 Å². The molecule has 1 heterocycles. The third kappa shape index (κ3) is 3.74. The zero-order chi connectivity index (χ0) is 15.2. The zero-order valence-electron chi connectivity index (χ0n) is 12.8. The molecule has 1 N–H and O–H groups in total. The molecule has 0 aromatic heterocycles. The van der Waals surface area contributed by atoms with Crippen molar-refractivity contribution >= 4 is 5.97 Å². The molecule has 0 aliphatic carbocycles. The SMILES string of the molecule is CCOc1ccccc1C(C(=O)O)N1CCN(CC)CC1. The topological polar surface area (TPSA) is 53.0 Å². The second-order valence-electron chi connectivity index (χ2n) is 5.18. The lowest BCUT2D eigenvalue weighted by molar-refractivity contribution is -0.144. The molecule has 5 heteroatoms. The number of rotatable bonds is 6. The highest BCUT2D eigenvalue weighted by Gasteiger charge is 2.31. The summed E-state index contributed by atoms with van der Waals surface area (Å²) in [5.41, 5.74) is 0.747. The molecule has 0 amide bonds. The van der Waals surface area contributed by atoms with Gasteiger partial charge >= 0.3 is 5.97 Å². The number of piperazine rings is 1. The second kappa shape index (κ2) is 7.43. The molecule has 116 valence electrons. The molecule has 0 spiro atoms. The smallest absolute Gasteiger partial charge is 0.325 e. The van der Waals surface area contributed by atoms with Gasteiger partial charge in [0.2, 0.25) is 0 Å². The lowest BCUT2D eigenvalue weighted by Crippen LogP contribution is -2.49. The number of carbonyl (C=O) groups is 1. The molecular weight excluding hydrogens is 268 g/mol. The van der Waals surface area contributed by atoms with Crippen molar-refractivity contribution in [2.24, 2.45) is 0 Å². The Morgan fingerprint density at radius 2 is 1.90 bits per heavy atom. The van der Waals surface area contributed by atoms with Crippen LogP contribution in [0.25, 0.3) is 0 Å². The Kier molecular flexibility index (Phi) is 5.59. The molecule has 1 saturated heterocycles. The lowest BCUT2D eigenvalue weighted by atomic mass is 10.0. The lowest BCUT2D eigenvalue weighted by Gasteiger charge is -2.37. The Morgan fingerprint density at radius 1 is 1.24 bits per heavy atom. The summed E-state index contributed by atoms with van der Waals surface area (Å²) in [4.78, 5) is 16.2. The van der Waals surface area contributed by atoms with Gasteiger partial charge in [0.1, 0.15) is 11.8 Å². The van der Waals surface area contributed by atoms with Crippen molar-refractivity contribution in [2.75, 3.05) is 39.3 Å². The Hall–Kier alpha value is -1.59. The third-order valence-electron chi connectivity index (χ3n) is 3.97. The maximum absolute atomic E-state index is 11.8. The normalized spacial score (nSPS) is 18.4. The van der Waals surface area contributed by atoms with Gasteiger partial charge in [-0.25, -0.2) is 0 Å². The van der Waals surface area contributed by atoms with Gasteiger partial charge in [-0.05, 0) is 19.5 Å². The van der Waals surface area contributed by atoms with E-state index in [-0.39, 0.29) is 0 Å². The maximum Gasteiger partial charge on any atom is 0.325 e. The fourth-order valence-corrected chi connectivity index (χ4v) is 2.82. The van der Waals surface area contributed by atoms with Crippen LogP contribution in [-0.2, 0) is 4.79 Å². The minimum Gasteiger partial charge on any atom is -0.494 e. The van der Waals surface area contributed by atoms with Gasteiger partial charge < -0.3 is 14.7 Å². The molecule has 1 aliphatic rings. The van der Waals surface area contributed by atoms with Crippen molar-refractivity contribution in [1.82, 2.24) is 9.80 Å². The molecule has 1 unspecified atom stereocenters. The van der Waals surface area contributed by atoms with Gasteiger partial charge in [0.15, 0.2) is 0 Å². The molecule has 21 heavy (non-hydrogen) atoms. The molecule has 0 radical (unpaired) electrons. The van der Waals surface area contributed by atoms with E-state index in [9.17, 15) is 9.90 Å². The largest absolute Gasteiger partial charge is 0.494 e. The maximum atomic E-state index is 11.8. The van der Waals surface area contributed by atoms with Crippen LogP contribution in [-0.4, -0.2) is 60.2 Å². The minimum atomic E-state index is -0.813. The summed E-state index contributed by atoms with van der Waals surface area (Å²) in [6.07, 6.45) is 0. The van der Waals surface area contributed by atoms with Gasteiger partial charge in [0, 0.05) is 31.7 Å². The Morgan fingerprint density at radius 3 is 2.48 bits per heavy atom. The number of carboxylic acid groups (broad SMARTS) is 1. The van der Waals surface area contributed by atoms with E-state index in [1.807, 2.05) is 36.1 Å². The first-order valence-electron chi connectivity index (χ1n) is 7.58. The van der Waals surface area contributed by atoms with Gasteiger partial charge in [-0.15, -0.1) is 0 Å². The molecule has 2 rings (SSSR count). The quantitative estimate of drug-likeness (QED) is 0.867. The molecule has 1 aliphatic heterocycles. The number of carboxylic acids is 1. The van der Waals surface area contributed by atoms with Gasteiger partial charge in [0.25, 0.3) is 0 Å². The van der Waals surface area contributed by atoms with Gasteiger partial charge in [0.05, 0.1) is 6.61 Å². The van der Waals surface area contributed by atoms with E-state index in [1.54, 1.807) is 0 Å². The summed E-state index contributed by atoms with van der Waals surface area (Å²) in [5.74, 6) is -0.141. The predicted octanol–water partition coefficient (Wildman–Crippen LogP) is 1.85. The highest BCUT2D eigenvalue weighted by molar-refractivity contribution is 5.76. The van der Waals surface area contributed by atoms with Gasteiger partial charge in [-0.2, -0.15) is 0 Å². The van der Waals surface area contributed by atoms with Crippen molar-refractivity contribution in [1.29, 1.82) is 0 Å². The molecule has 1 fully saturated rings. The first-order chi connectivity index (χ1) is 10.2. The highest BCUT2D eigenvalue weighted by atomic mass is 16.5. The van der Waals surface area contributed by atoms with E-state index in [2.05, 4.69) is 11.8 Å². The van der Waals surface area contributed by atoms with Gasteiger partial charge in [-0.3, -0.25) is 9.69 Å². The van der Waals surface area contributed by atoms with Crippen molar-refractivity contribution < 1.29 is 14.6 Å². The predicted molar refractivity (Wildman–Crippen MR) is 81.7 cm³/mol. The van der Waals surface area contributed by atoms with E-state index >= 15 is 0 Å². The summed E-state index contributed by atoms with van der Waals surface area (Å²) in [5, 5.41) is 9.68. The second-order valence-corrected chi connectivity index (χ2v) is 5.18. The fourth-order valence-electron chi connectivity index (χ4n) is 2.82. The van der Waals surface area contributed by atoms with E-state index in [0.717, 1.165) is 38.3 Å². The van der Waals surface area contributed by atoms with E-state index in [1.165, 1.54) is 0 Å². The Bertz CT molecular complexity index is 470. The molecule has 0 saturated carbocycles. The number of ether oxygens (including phenoxy) is 1. The van der Waals surface area contributed by atoms with Crippen LogP contribution in [0.15, 0.2) is 24.3 Å². The number of benzene rings is 1. The van der Waals surface area contributed by atoms with Crippen LogP contribution in [0.2, 0.25) is 0 Å². The average Bonchev–Trinajstić information content (AvgIpc) is 2.50. The van der Waals surface area contributed by atoms with Crippen molar-refractivity contribution in [3.05, 3.63) is 29.8 Å². The third-order valence-corrected chi connectivity index (χ3v) is 3.97. The Balaban J connectivity index is 2.22. The van der Waals surface area contributed by atoms with Crippen molar-refractivity contribution in [3.8, 4) is 5.75 Å². The fraction of sp³-hybridized carbons (Fsp3) is 0.562. The molecule has 1 aromatic rings. The molecule has 5 nitrogen and oxygen atoms in total. The number of likely N-dealkylation sites (N-methyl/N-ethyl adjacent to an activating group) is 1. The molecule has 0 bridgehead atoms. The molecule has 1 atom stereocenters. The van der Waals surface area contributed by atoms with Crippen LogP contribution in [0, 0.1) is 0 Å². The summed E-state index contributed by atoms with van der Waals surface area (Å²) in [6.45, 7) is 8.96. The first kappa shape index (κ1) is 15.8. The minimum absolute atomic E-state index is 0.535. The van der Waals surface area contributed by atoms with Crippen molar-refractivity contribution in [3.63, 3.8) is 0 Å². The van der Waals surface area contributed by atoms with Crippen molar-refractivity contribution in [2.45, 2.75) is 19.9 Å². The van der Waals surface area contributed by atoms with Crippen LogP contribution >= 0.6 is 0 Å². The number of para-hydroxylation sites is 1. The van der Waals surface area contributed by atoms with E-state index in [4.69, 9.17) is 4.74 Å². The van der Waals surface area contributed by atoms with Crippen LogP contribution in [0.4, 0.5) is 0 Å². The summed E-state index contributed by atoms with van der Waals surface area (Å²) in [7, 11) is 0. The van der Waals surface area contributed by atoms with E-state index in [0.29, 0.717) is 12.4 Å². The molecule has 1 aromatic carbocycles. The zero-order valence-corrected chi connectivity index (χ0v) is 12.8. The van der Waals surface area contributed by atoms with E-state index < -0.39 is 12.0 Å². The Labute approximate surface area is 126 Å². The number of aliphatic carboxylic acids is 1. The van der Waals surface area contributed by atoms with Gasteiger partial charge in [-0.1, -0.05) is 25.1 Å². The van der Waals surface area contributed by atoms with Crippen LogP contribution in [0.5, 0.6) is 5.75 Å². The summed E-state index contributed by atoms with van der Waals surface area (Å²) < 4.78 is 5.60. The number of nitrogens with zero attached hydrogens (tertiary/aromatic N) is 2. The summed E-state index contributed by atoms with van der Waals surface area (Å²) >= 11 is 0. The summed E-state index contributed by atoms with van der Waals surface area (Å²) in [6, 6.07) is 6.82. The average molecular weight is 292 g/mol. The number of hydrogen-bond donors (Lipinski definition) is 1. The standard InChI is InChI=1S/C16H24N2O3/c1-3-17-9-11-18(12-10-17)15(16(19)20)13-7-5-6-8-14(13)21-4-2/h5-8,15H,3-4,9-12H2,1-2H3,(H,19,20). The monoisotopic (exact) mass is 292 g/mol. The highest BCUT2D eigenvalue weighted by Crippen LogP contribution is 2.30. The van der Waals surface area contributed by atoms with Crippen LogP contribution < -0.4 is 4.74 Å². The van der Waals surface area contributed by atoms with Crippen LogP contribution in [0.3, 0.4) is 0 Å². The number of hydrogen-bond acceptors (Lipinski definition) is 4. The first-order valence-corrected chi connectivity index (χ1v) is 7.58.